The molecule has 0 spiro atoms. The van der Waals surface area contributed by atoms with Crippen LogP contribution in [0.3, 0.4) is 0 Å². The molecule has 0 heterocycles. The number of aliphatic hydroxyl groups excluding tert-OH is 1. The Morgan fingerprint density at radius 1 is 1.16 bits per heavy atom. The van der Waals surface area contributed by atoms with Gasteiger partial charge < -0.3 is 10.0 Å². The van der Waals surface area contributed by atoms with E-state index in [1.165, 1.54) is 5.56 Å². The standard InChI is InChI=1S/C16H18ClNO/c1-3-18(15-6-4-5-12(2)9-15)16-8-7-14(17)10-13(16)11-19/h4-10,19H,3,11H2,1-2H3. The lowest BCUT2D eigenvalue weighted by Crippen LogP contribution is -2.17. The third-order valence-corrected chi connectivity index (χ3v) is 3.37. The van der Waals surface area contributed by atoms with Gasteiger partial charge in [0.25, 0.3) is 0 Å². The molecule has 2 aromatic rings. The maximum atomic E-state index is 9.50. The van der Waals surface area contributed by atoms with Gasteiger partial charge in [0.15, 0.2) is 0 Å². The molecule has 0 radical (unpaired) electrons. The number of rotatable bonds is 4. The average Bonchev–Trinajstić information content (AvgIpc) is 2.41. The van der Waals surface area contributed by atoms with Gasteiger partial charge in [0, 0.05) is 28.5 Å². The minimum absolute atomic E-state index is 0.0157. The van der Waals surface area contributed by atoms with Gasteiger partial charge in [0.2, 0.25) is 0 Å². The highest BCUT2D eigenvalue weighted by Gasteiger charge is 2.12. The normalized spacial score (nSPS) is 10.5. The van der Waals surface area contributed by atoms with Gasteiger partial charge in [-0.25, -0.2) is 0 Å². The van der Waals surface area contributed by atoms with Gasteiger partial charge in [-0.05, 0) is 49.7 Å². The third kappa shape index (κ3) is 3.09. The topological polar surface area (TPSA) is 23.5 Å². The van der Waals surface area contributed by atoms with Crippen LogP contribution in [0.2, 0.25) is 5.02 Å². The number of hydrogen-bond acceptors (Lipinski definition) is 2. The van der Waals surface area contributed by atoms with E-state index < -0.39 is 0 Å². The third-order valence-electron chi connectivity index (χ3n) is 3.13. The number of aryl methyl sites for hydroxylation is 1. The summed E-state index contributed by atoms with van der Waals surface area (Å²) in [5.41, 5.74) is 4.19. The summed E-state index contributed by atoms with van der Waals surface area (Å²) in [5, 5.41) is 10.1. The van der Waals surface area contributed by atoms with Gasteiger partial charge in [-0.3, -0.25) is 0 Å². The molecule has 0 atom stereocenters. The summed E-state index contributed by atoms with van der Waals surface area (Å²) in [6.07, 6.45) is 0. The molecule has 2 nitrogen and oxygen atoms in total. The van der Waals surface area contributed by atoms with Crippen molar-refractivity contribution in [1.29, 1.82) is 0 Å². The largest absolute Gasteiger partial charge is 0.392 e. The minimum Gasteiger partial charge on any atom is -0.392 e. The van der Waals surface area contributed by atoms with Crippen LogP contribution in [0.4, 0.5) is 11.4 Å². The summed E-state index contributed by atoms with van der Waals surface area (Å²) < 4.78 is 0. The molecular weight excluding hydrogens is 258 g/mol. The maximum Gasteiger partial charge on any atom is 0.0702 e. The van der Waals surface area contributed by atoms with E-state index in [0.717, 1.165) is 23.5 Å². The van der Waals surface area contributed by atoms with E-state index >= 15 is 0 Å². The first kappa shape index (κ1) is 13.9. The molecule has 0 fully saturated rings. The van der Waals surface area contributed by atoms with Crippen LogP contribution >= 0.6 is 11.6 Å². The molecule has 1 N–H and O–H groups in total. The van der Waals surface area contributed by atoms with Gasteiger partial charge in [-0.2, -0.15) is 0 Å². The number of aliphatic hydroxyl groups is 1. The first-order valence-corrected chi connectivity index (χ1v) is 6.77. The highest BCUT2D eigenvalue weighted by molar-refractivity contribution is 6.30. The molecule has 0 aliphatic rings. The van der Waals surface area contributed by atoms with E-state index in [2.05, 4.69) is 36.9 Å². The molecule has 19 heavy (non-hydrogen) atoms. The van der Waals surface area contributed by atoms with Gasteiger partial charge in [-0.1, -0.05) is 23.7 Å². The molecule has 0 bridgehead atoms. The van der Waals surface area contributed by atoms with Crippen LogP contribution in [-0.2, 0) is 6.61 Å². The summed E-state index contributed by atoms with van der Waals surface area (Å²) in [6, 6.07) is 14.0. The molecular formula is C16H18ClNO. The van der Waals surface area contributed by atoms with Crippen molar-refractivity contribution in [3.05, 3.63) is 58.6 Å². The van der Waals surface area contributed by atoms with Crippen LogP contribution in [0.5, 0.6) is 0 Å². The van der Waals surface area contributed by atoms with Crippen molar-refractivity contribution in [2.24, 2.45) is 0 Å². The first-order valence-electron chi connectivity index (χ1n) is 6.39. The Morgan fingerprint density at radius 3 is 2.58 bits per heavy atom. The Kier molecular flexibility index (Phi) is 4.46. The predicted molar refractivity (Wildman–Crippen MR) is 81.2 cm³/mol. The van der Waals surface area contributed by atoms with Crippen LogP contribution < -0.4 is 4.90 Å². The molecule has 2 rings (SSSR count). The predicted octanol–water partition coefficient (Wildman–Crippen LogP) is 4.30. The average molecular weight is 276 g/mol. The van der Waals surface area contributed by atoms with Crippen molar-refractivity contribution in [2.75, 3.05) is 11.4 Å². The van der Waals surface area contributed by atoms with E-state index in [4.69, 9.17) is 11.6 Å². The van der Waals surface area contributed by atoms with Crippen molar-refractivity contribution in [2.45, 2.75) is 20.5 Å². The fourth-order valence-electron chi connectivity index (χ4n) is 2.23. The van der Waals surface area contributed by atoms with Gasteiger partial charge in [-0.15, -0.1) is 0 Å². The van der Waals surface area contributed by atoms with Gasteiger partial charge in [0.05, 0.1) is 6.61 Å². The van der Waals surface area contributed by atoms with Crippen LogP contribution in [-0.4, -0.2) is 11.7 Å². The Labute approximate surface area is 119 Å². The quantitative estimate of drug-likeness (QED) is 0.899. The first-order chi connectivity index (χ1) is 9.15. The van der Waals surface area contributed by atoms with Crippen LogP contribution in [0.15, 0.2) is 42.5 Å². The summed E-state index contributed by atoms with van der Waals surface area (Å²) in [7, 11) is 0. The van der Waals surface area contributed by atoms with Crippen molar-refractivity contribution >= 4 is 23.0 Å². The summed E-state index contributed by atoms with van der Waals surface area (Å²) in [6.45, 7) is 4.99. The van der Waals surface area contributed by atoms with Crippen molar-refractivity contribution in [1.82, 2.24) is 0 Å². The molecule has 0 unspecified atom stereocenters. The second kappa shape index (κ2) is 6.09. The minimum atomic E-state index is -0.0157. The fraction of sp³-hybridized carbons (Fsp3) is 0.250. The van der Waals surface area contributed by atoms with Crippen LogP contribution in [0.1, 0.15) is 18.1 Å². The second-order valence-electron chi connectivity index (χ2n) is 4.51. The molecule has 100 valence electrons. The Hall–Kier alpha value is -1.51. The number of hydrogen-bond donors (Lipinski definition) is 1. The van der Waals surface area contributed by atoms with Crippen LogP contribution in [0.25, 0.3) is 0 Å². The highest BCUT2D eigenvalue weighted by Crippen LogP contribution is 2.30. The maximum absolute atomic E-state index is 9.50. The lowest BCUT2D eigenvalue weighted by atomic mass is 10.1. The van der Waals surface area contributed by atoms with Gasteiger partial charge in [0.1, 0.15) is 0 Å². The Morgan fingerprint density at radius 2 is 1.95 bits per heavy atom. The second-order valence-corrected chi connectivity index (χ2v) is 4.95. The summed E-state index contributed by atoms with van der Waals surface area (Å²) in [5.74, 6) is 0. The molecule has 0 saturated carbocycles. The SMILES string of the molecule is CCN(c1cccc(C)c1)c1ccc(Cl)cc1CO. The lowest BCUT2D eigenvalue weighted by Gasteiger charge is -2.26. The fourth-order valence-corrected chi connectivity index (χ4v) is 2.43. The van der Waals surface area contributed by atoms with Crippen molar-refractivity contribution in [3.63, 3.8) is 0 Å². The summed E-state index contributed by atoms with van der Waals surface area (Å²) >= 11 is 5.99. The monoisotopic (exact) mass is 275 g/mol. The molecule has 0 aliphatic carbocycles. The highest BCUT2D eigenvalue weighted by atomic mass is 35.5. The van der Waals surface area contributed by atoms with Crippen molar-refractivity contribution in [3.8, 4) is 0 Å². The van der Waals surface area contributed by atoms with E-state index in [9.17, 15) is 5.11 Å². The molecule has 0 aliphatic heterocycles. The van der Waals surface area contributed by atoms with E-state index in [-0.39, 0.29) is 6.61 Å². The van der Waals surface area contributed by atoms with E-state index in [1.807, 2.05) is 24.3 Å². The molecule has 0 amide bonds. The molecule has 0 aromatic heterocycles. The lowest BCUT2D eigenvalue weighted by molar-refractivity contribution is 0.282. The Balaban J connectivity index is 2.48. The van der Waals surface area contributed by atoms with Crippen molar-refractivity contribution < 1.29 is 5.11 Å². The van der Waals surface area contributed by atoms with Gasteiger partial charge >= 0.3 is 0 Å². The number of halogens is 1. The summed E-state index contributed by atoms with van der Waals surface area (Å²) in [4.78, 5) is 2.18. The molecule has 0 saturated heterocycles. The zero-order valence-corrected chi connectivity index (χ0v) is 12.0. The number of benzene rings is 2. The van der Waals surface area contributed by atoms with E-state index in [0.29, 0.717) is 5.02 Å². The zero-order valence-electron chi connectivity index (χ0n) is 11.2. The Bertz CT molecular complexity index is 568. The number of anilines is 2. The molecule has 2 aromatic carbocycles. The zero-order chi connectivity index (χ0) is 13.8. The number of nitrogens with zero attached hydrogens (tertiary/aromatic N) is 1. The van der Waals surface area contributed by atoms with Crippen LogP contribution in [0, 0.1) is 6.92 Å². The van der Waals surface area contributed by atoms with E-state index in [1.54, 1.807) is 0 Å². The smallest absolute Gasteiger partial charge is 0.0702 e. The molecule has 3 heteroatoms.